The van der Waals surface area contributed by atoms with Gasteiger partial charge in [-0.25, -0.2) is 4.98 Å². The Balaban J connectivity index is 0.00000115. The first-order valence-corrected chi connectivity index (χ1v) is 11.3. The molecule has 9 nitrogen and oxygen atoms in total. The zero-order chi connectivity index (χ0) is 25.6. The Morgan fingerprint density at radius 3 is 1.51 bits per heavy atom. The van der Waals surface area contributed by atoms with Crippen molar-refractivity contribution in [3.8, 4) is 17.6 Å². The molecular formula is C27H26N4O5Pd-2. The van der Waals surface area contributed by atoms with E-state index >= 15 is 0 Å². The van der Waals surface area contributed by atoms with Crippen LogP contribution >= 0.6 is 0 Å². The molecule has 4 aliphatic rings. The van der Waals surface area contributed by atoms with Crippen molar-refractivity contribution in [3.63, 3.8) is 0 Å². The van der Waals surface area contributed by atoms with E-state index in [1.54, 1.807) is 12.1 Å². The second-order valence-corrected chi connectivity index (χ2v) is 7.47. The third-order valence-electron chi connectivity index (χ3n) is 4.84. The number of nitriles is 1. The molecule has 0 N–H and O–H groups in total. The van der Waals surface area contributed by atoms with Crippen LogP contribution < -0.4 is 19.7 Å². The Morgan fingerprint density at radius 1 is 0.703 bits per heavy atom. The molecule has 0 saturated carbocycles. The fourth-order valence-electron chi connectivity index (χ4n) is 3.08. The number of nitrogens with zero attached hydrogens (tertiary/aromatic N) is 4. The minimum atomic E-state index is -0.493. The van der Waals surface area contributed by atoms with Gasteiger partial charge in [-0.2, -0.15) is 5.26 Å². The van der Waals surface area contributed by atoms with Crippen molar-refractivity contribution < 1.29 is 44.8 Å². The number of ether oxygens (including phenoxy) is 3. The summed E-state index contributed by atoms with van der Waals surface area (Å²) >= 11 is 0. The molecule has 0 unspecified atom stereocenters. The van der Waals surface area contributed by atoms with Gasteiger partial charge in [-0.05, 0) is 47.5 Å². The fraction of sp³-hybridized carbons (Fsp3) is 0.259. The van der Waals surface area contributed by atoms with Crippen molar-refractivity contribution in [2.24, 2.45) is 9.98 Å². The summed E-state index contributed by atoms with van der Waals surface area (Å²) in [5.41, 5.74) is 1.91. The summed E-state index contributed by atoms with van der Waals surface area (Å²) in [5, 5.41) is 32.2. The molecule has 0 spiro atoms. The van der Waals surface area contributed by atoms with Crippen LogP contribution in [0.25, 0.3) is 0 Å². The Bertz CT molecular complexity index is 1120. The summed E-state index contributed by atoms with van der Waals surface area (Å²) in [6, 6.07) is 21.1. The van der Waals surface area contributed by atoms with Crippen LogP contribution in [0.5, 0.6) is 11.5 Å². The van der Waals surface area contributed by atoms with E-state index in [4.69, 9.17) is 19.5 Å². The minimum absolute atomic E-state index is 0. The van der Waals surface area contributed by atoms with Crippen molar-refractivity contribution in [1.82, 2.24) is 4.98 Å². The Morgan fingerprint density at radius 2 is 1.11 bits per heavy atom. The molecule has 0 fully saturated rings. The van der Waals surface area contributed by atoms with Crippen LogP contribution in [-0.4, -0.2) is 43.2 Å². The second-order valence-electron chi connectivity index (χ2n) is 7.47. The maximum Gasteiger partial charge on any atom is 0.119 e. The Kier molecular flexibility index (Phi) is 12.8. The molecule has 10 heteroatoms. The molecule has 3 aromatic rings. The van der Waals surface area contributed by atoms with Gasteiger partial charge in [0, 0.05) is 39.1 Å². The predicted molar refractivity (Wildman–Crippen MR) is 131 cm³/mol. The monoisotopic (exact) mass is 592 g/mol. The first-order valence-electron chi connectivity index (χ1n) is 11.3. The van der Waals surface area contributed by atoms with Gasteiger partial charge in [0.05, 0.1) is 43.8 Å². The number of benzene rings is 2. The Hall–Kier alpha value is -3.76. The molecule has 4 aliphatic heterocycles. The normalized spacial score (nSPS) is 14.1. The third-order valence-corrected chi connectivity index (χ3v) is 4.84. The van der Waals surface area contributed by atoms with E-state index in [-0.39, 0.29) is 44.9 Å². The van der Waals surface area contributed by atoms with E-state index in [2.05, 4.69) is 15.0 Å². The smallest absolute Gasteiger partial charge is 0.119 e. The van der Waals surface area contributed by atoms with Crippen molar-refractivity contribution in [1.29, 1.82) is 5.26 Å². The summed E-state index contributed by atoms with van der Waals surface area (Å²) in [5.74, 6) is 0.423. The summed E-state index contributed by atoms with van der Waals surface area (Å²) in [4.78, 5) is 12.3. The molecule has 0 saturated heterocycles. The summed E-state index contributed by atoms with van der Waals surface area (Å²) in [6.07, 6.45) is 0. The molecule has 1 aromatic heterocycles. The number of hydrogen-bond donors (Lipinski definition) is 0. The standard InChI is InChI=1S/C25H25N3O5.C2H3N.Pd/c29-24-22-2-1-3-23(28-22)25(30)27-17-19-6-10-21(11-7-19)33-15-13-31-12-14-32-20-8-4-18(5-9-20)16-26-24;1-2-3;/h1-11H,12-17H2,(H,26,29)(H,27,30);1H3;/p-2. The third kappa shape index (κ3) is 10.0. The molecule has 0 amide bonds. The maximum absolute atomic E-state index is 12.5. The van der Waals surface area contributed by atoms with Gasteiger partial charge >= 0.3 is 0 Å². The van der Waals surface area contributed by atoms with Crippen LogP contribution in [0.3, 0.4) is 0 Å². The average molecular weight is 593 g/mol. The summed E-state index contributed by atoms with van der Waals surface area (Å²) in [6.45, 7) is 3.54. The van der Waals surface area contributed by atoms with Gasteiger partial charge in [0.15, 0.2) is 0 Å². The molecule has 6 bridgehead atoms. The number of pyridine rings is 1. The second kappa shape index (κ2) is 16.1. The van der Waals surface area contributed by atoms with Gasteiger partial charge in [0.2, 0.25) is 0 Å². The molecule has 2 aromatic carbocycles. The fourth-order valence-corrected chi connectivity index (χ4v) is 3.08. The van der Waals surface area contributed by atoms with E-state index in [1.165, 1.54) is 19.1 Å². The van der Waals surface area contributed by atoms with E-state index < -0.39 is 11.8 Å². The quantitative estimate of drug-likeness (QED) is 0.364. The van der Waals surface area contributed by atoms with Gasteiger partial charge in [0.1, 0.15) is 24.7 Å². The molecule has 0 aliphatic carbocycles. The SMILES string of the molecule is CC#N.[O-]C1=NCc2ccc(cc2)OCCOCCOc2ccc(cc2)CN=C([O-])c2cccc1n2.[Pd]. The number of rotatable bonds is 0. The molecule has 7 rings (SSSR count). The van der Waals surface area contributed by atoms with Crippen LogP contribution in [0.1, 0.15) is 29.4 Å². The van der Waals surface area contributed by atoms with Crippen molar-refractivity contribution in [2.45, 2.75) is 20.0 Å². The summed E-state index contributed by atoms with van der Waals surface area (Å²) < 4.78 is 16.9. The first kappa shape index (κ1) is 29.5. The molecule has 37 heavy (non-hydrogen) atoms. The van der Waals surface area contributed by atoms with Gasteiger partial charge in [-0.1, -0.05) is 30.3 Å². The number of aromatic nitrogens is 1. The van der Waals surface area contributed by atoms with E-state index in [0.717, 1.165) is 11.1 Å². The van der Waals surface area contributed by atoms with Crippen LogP contribution in [-0.2, 0) is 38.2 Å². The van der Waals surface area contributed by atoms with E-state index in [0.29, 0.717) is 37.9 Å². The van der Waals surface area contributed by atoms with E-state index in [9.17, 15) is 10.2 Å². The zero-order valence-corrected chi connectivity index (χ0v) is 21.8. The van der Waals surface area contributed by atoms with Crippen molar-refractivity contribution >= 4 is 11.8 Å². The van der Waals surface area contributed by atoms with Gasteiger partial charge < -0.3 is 24.4 Å². The summed E-state index contributed by atoms with van der Waals surface area (Å²) in [7, 11) is 0. The molecular weight excluding hydrogens is 567 g/mol. The number of hydrogen-bond acceptors (Lipinski definition) is 9. The van der Waals surface area contributed by atoms with Gasteiger partial charge in [-0.3, -0.25) is 9.98 Å². The Labute approximate surface area is 229 Å². The first-order chi connectivity index (χ1) is 17.6. The predicted octanol–water partition coefficient (Wildman–Crippen LogP) is 2.01. The molecule has 0 atom stereocenters. The molecule has 5 heterocycles. The van der Waals surface area contributed by atoms with Crippen LogP contribution in [0.2, 0.25) is 0 Å². The van der Waals surface area contributed by atoms with Crippen LogP contribution in [0.4, 0.5) is 0 Å². The van der Waals surface area contributed by atoms with Gasteiger partial charge in [0.25, 0.3) is 0 Å². The minimum Gasteiger partial charge on any atom is -0.857 e. The average Bonchev–Trinajstić information content (AvgIpc) is 2.91. The number of aliphatic imine (C=N–C) groups is 2. The maximum atomic E-state index is 12.5. The van der Waals surface area contributed by atoms with E-state index in [1.807, 2.05) is 48.5 Å². The van der Waals surface area contributed by atoms with Crippen LogP contribution in [0.15, 0.2) is 76.7 Å². The van der Waals surface area contributed by atoms with Crippen molar-refractivity contribution in [2.75, 3.05) is 26.4 Å². The van der Waals surface area contributed by atoms with Gasteiger partial charge in [-0.15, -0.1) is 0 Å². The van der Waals surface area contributed by atoms with Crippen molar-refractivity contribution in [3.05, 3.63) is 89.2 Å². The molecule has 196 valence electrons. The topological polar surface area (TPSA) is 135 Å². The zero-order valence-electron chi connectivity index (χ0n) is 20.2. The molecule has 0 radical (unpaired) electrons. The largest absolute Gasteiger partial charge is 0.857 e. The van der Waals surface area contributed by atoms with Crippen LogP contribution in [0, 0.1) is 11.3 Å².